The van der Waals surface area contributed by atoms with E-state index in [0.717, 1.165) is 16.9 Å². The van der Waals surface area contributed by atoms with E-state index >= 15 is 0 Å². The zero-order valence-corrected chi connectivity index (χ0v) is 12.4. The van der Waals surface area contributed by atoms with Gasteiger partial charge in [-0.25, -0.2) is 4.98 Å². The number of H-pyrrole nitrogens is 1. The quantitative estimate of drug-likeness (QED) is 0.799. The average Bonchev–Trinajstić information content (AvgIpc) is 3.00. The van der Waals surface area contributed by atoms with E-state index in [4.69, 9.17) is 0 Å². The topological polar surface area (TPSA) is 49.0 Å². The van der Waals surface area contributed by atoms with Crippen LogP contribution < -0.4 is 4.90 Å². The Morgan fingerprint density at radius 1 is 1.05 bits per heavy atom. The molecule has 0 saturated heterocycles. The summed E-state index contributed by atoms with van der Waals surface area (Å²) in [4.78, 5) is 21.7. The lowest BCUT2D eigenvalue weighted by Crippen LogP contribution is -2.31. The molecular weight excluding hydrogens is 274 g/mol. The highest BCUT2D eigenvalue weighted by atomic mass is 16.2. The standard InChI is InChI=1S/C18H17N3O/c1-14-17(20-13-19-14)18(22)21(16-10-6-3-7-11-16)12-15-8-4-2-5-9-15/h2-11,13H,12H2,1H3,(H,19,20). The summed E-state index contributed by atoms with van der Waals surface area (Å²) in [6, 6.07) is 19.6. The van der Waals surface area contributed by atoms with Crippen LogP contribution in [0.15, 0.2) is 67.0 Å². The Bertz CT molecular complexity index is 750. The second kappa shape index (κ2) is 6.26. The van der Waals surface area contributed by atoms with E-state index in [-0.39, 0.29) is 5.91 Å². The Morgan fingerprint density at radius 3 is 2.27 bits per heavy atom. The first kappa shape index (κ1) is 14.1. The predicted octanol–water partition coefficient (Wildman–Crippen LogP) is 3.57. The van der Waals surface area contributed by atoms with Crippen molar-refractivity contribution >= 4 is 11.6 Å². The molecule has 1 N–H and O–H groups in total. The molecule has 0 radical (unpaired) electrons. The number of aromatic amines is 1. The number of nitrogens with one attached hydrogen (secondary N) is 1. The number of amides is 1. The number of benzene rings is 2. The summed E-state index contributed by atoms with van der Waals surface area (Å²) >= 11 is 0. The second-order valence-corrected chi connectivity index (χ2v) is 5.09. The van der Waals surface area contributed by atoms with Crippen LogP contribution in [-0.2, 0) is 6.54 Å². The van der Waals surface area contributed by atoms with Gasteiger partial charge in [0.05, 0.1) is 12.9 Å². The summed E-state index contributed by atoms with van der Waals surface area (Å²) in [6.45, 7) is 2.36. The molecule has 0 aliphatic rings. The molecule has 0 fully saturated rings. The fraction of sp³-hybridized carbons (Fsp3) is 0.111. The van der Waals surface area contributed by atoms with Crippen molar-refractivity contribution in [1.29, 1.82) is 0 Å². The minimum Gasteiger partial charge on any atom is -0.348 e. The van der Waals surface area contributed by atoms with Gasteiger partial charge in [-0.05, 0) is 24.6 Å². The molecule has 0 saturated carbocycles. The molecule has 0 aliphatic heterocycles. The van der Waals surface area contributed by atoms with Crippen LogP contribution in [0.1, 0.15) is 21.7 Å². The van der Waals surface area contributed by atoms with E-state index in [1.807, 2.05) is 67.6 Å². The second-order valence-electron chi connectivity index (χ2n) is 5.09. The largest absolute Gasteiger partial charge is 0.348 e. The zero-order valence-electron chi connectivity index (χ0n) is 12.4. The molecule has 4 nitrogen and oxygen atoms in total. The van der Waals surface area contributed by atoms with Gasteiger partial charge in [-0.1, -0.05) is 48.5 Å². The van der Waals surface area contributed by atoms with Gasteiger partial charge < -0.3 is 9.88 Å². The van der Waals surface area contributed by atoms with Crippen molar-refractivity contribution in [3.8, 4) is 0 Å². The van der Waals surface area contributed by atoms with Crippen LogP contribution >= 0.6 is 0 Å². The van der Waals surface area contributed by atoms with E-state index in [1.165, 1.54) is 0 Å². The summed E-state index contributed by atoms with van der Waals surface area (Å²) in [6.07, 6.45) is 1.55. The molecule has 0 bridgehead atoms. The number of carbonyl (C=O) groups is 1. The first-order valence-corrected chi connectivity index (χ1v) is 7.16. The summed E-state index contributed by atoms with van der Waals surface area (Å²) < 4.78 is 0. The van der Waals surface area contributed by atoms with Gasteiger partial charge in [0.25, 0.3) is 5.91 Å². The number of aryl methyl sites for hydroxylation is 1. The maximum atomic E-state index is 12.9. The van der Waals surface area contributed by atoms with Gasteiger partial charge in [-0.3, -0.25) is 4.79 Å². The summed E-state index contributed by atoms with van der Waals surface area (Å²) in [5.74, 6) is -0.103. The minimum absolute atomic E-state index is 0.103. The number of para-hydroxylation sites is 1. The highest BCUT2D eigenvalue weighted by molar-refractivity contribution is 6.05. The zero-order chi connectivity index (χ0) is 15.4. The van der Waals surface area contributed by atoms with Gasteiger partial charge in [0.1, 0.15) is 5.69 Å². The third kappa shape index (κ3) is 2.91. The summed E-state index contributed by atoms with van der Waals surface area (Å²) in [5.41, 5.74) is 3.17. The van der Waals surface area contributed by atoms with Crippen molar-refractivity contribution in [3.05, 3.63) is 83.9 Å². The van der Waals surface area contributed by atoms with Crippen molar-refractivity contribution in [2.45, 2.75) is 13.5 Å². The van der Waals surface area contributed by atoms with Gasteiger partial charge >= 0.3 is 0 Å². The Labute approximate surface area is 129 Å². The molecule has 0 atom stereocenters. The van der Waals surface area contributed by atoms with Crippen molar-refractivity contribution < 1.29 is 4.79 Å². The fourth-order valence-corrected chi connectivity index (χ4v) is 2.36. The number of imidazole rings is 1. The summed E-state index contributed by atoms with van der Waals surface area (Å²) in [5, 5.41) is 0. The van der Waals surface area contributed by atoms with Crippen molar-refractivity contribution in [3.63, 3.8) is 0 Å². The maximum Gasteiger partial charge on any atom is 0.279 e. The van der Waals surface area contributed by atoms with Crippen LogP contribution in [0.25, 0.3) is 0 Å². The predicted molar refractivity (Wildman–Crippen MR) is 86.7 cm³/mol. The molecule has 3 aromatic rings. The first-order valence-electron chi connectivity index (χ1n) is 7.16. The third-order valence-corrected chi connectivity index (χ3v) is 3.53. The molecule has 0 aliphatic carbocycles. The van der Waals surface area contributed by atoms with Crippen LogP contribution in [0.4, 0.5) is 5.69 Å². The molecule has 110 valence electrons. The smallest absolute Gasteiger partial charge is 0.279 e. The van der Waals surface area contributed by atoms with Crippen LogP contribution in [0, 0.1) is 6.92 Å². The molecule has 4 heteroatoms. The summed E-state index contributed by atoms with van der Waals surface area (Å²) in [7, 11) is 0. The number of aromatic nitrogens is 2. The molecule has 1 aromatic heterocycles. The lowest BCUT2D eigenvalue weighted by atomic mass is 10.1. The molecule has 1 heterocycles. The van der Waals surface area contributed by atoms with E-state index in [9.17, 15) is 4.79 Å². The third-order valence-electron chi connectivity index (χ3n) is 3.53. The lowest BCUT2D eigenvalue weighted by molar-refractivity contribution is 0.0980. The average molecular weight is 291 g/mol. The normalized spacial score (nSPS) is 10.4. The van der Waals surface area contributed by atoms with Crippen LogP contribution in [0.3, 0.4) is 0 Å². The molecule has 0 spiro atoms. The van der Waals surface area contributed by atoms with Crippen molar-refractivity contribution in [2.24, 2.45) is 0 Å². The molecule has 0 unspecified atom stereocenters. The Morgan fingerprint density at radius 2 is 1.68 bits per heavy atom. The van der Waals surface area contributed by atoms with Gasteiger partial charge in [0, 0.05) is 11.4 Å². The molecular formula is C18H17N3O. The van der Waals surface area contributed by atoms with E-state index in [0.29, 0.717) is 12.2 Å². The number of rotatable bonds is 4. The van der Waals surface area contributed by atoms with E-state index in [1.54, 1.807) is 11.2 Å². The Kier molecular flexibility index (Phi) is 4.01. The van der Waals surface area contributed by atoms with Crippen molar-refractivity contribution in [1.82, 2.24) is 9.97 Å². The number of anilines is 1. The molecule has 2 aromatic carbocycles. The van der Waals surface area contributed by atoms with Crippen LogP contribution in [0.2, 0.25) is 0 Å². The lowest BCUT2D eigenvalue weighted by Gasteiger charge is -2.22. The number of hydrogen-bond donors (Lipinski definition) is 1. The maximum absolute atomic E-state index is 12.9. The van der Waals surface area contributed by atoms with Gasteiger partial charge in [0.2, 0.25) is 0 Å². The molecule has 3 rings (SSSR count). The highest BCUT2D eigenvalue weighted by Gasteiger charge is 2.21. The van der Waals surface area contributed by atoms with E-state index < -0.39 is 0 Å². The highest BCUT2D eigenvalue weighted by Crippen LogP contribution is 2.20. The number of hydrogen-bond acceptors (Lipinski definition) is 2. The monoisotopic (exact) mass is 291 g/mol. The van der Waals surface area contributed by atoms with Gasteiger partial charge in [0.15, 0.2) is 0 Å². The van der Waals surface area contributed by atoms with Crippen molar-refractivity contribution in [2.75, 3.05) is 4.90 Å². The number of carbonyl (C=O) groups excluding carboxylic acids is 1. The van der Waals surface area contributed by atoms with Gasteiger partial charge in [-0.2, -0.15) is 0 Å². The van der Waals surface area contributed by atoms with Gasteiger partial charge in [-0.15, -0.1) is 0 Å². The SMILES string of the molecule is Cc1[nH]cnc1C(=O)N(Cc1ccccc1)c1ccccc1. The molecule has 22 heavy (non-hydrogen) atoms. The number of nitrogens with zero attached hydrogens (tertiary/aromatic N) is 2. The van der Waals surface area contributed by atoms with Crippen LogP contribution in [-0.4, -0.2) is 15.9 Å². The Balaban J connectivity index is 1.96. The van der Waals surface area contributed by atoms with Crippen LogP contribution in [0.5, 0.6) is 0 Å². The fourth-order valence-electron chi connectivity index (χ4n) is 2.36. The Hall–Kier alpha value is -2.88. The first-order chi connectivity index (χ1) is 10.8. The minimum atomic E-state index is -0.103. The van der Waals surface area contributed by atoms with E-state index in [2.05, 4.69) is 9.97 Å². The molecule has 1 amide bonds.